The number of carbonyl (C=O) groups is 2. The van der Waals surface area contributed by atoms with E-state index in [-0.39, 0.29) is 11.7 Å². The van der Waals surface area contributed by atoms with Gasteiger partial charge in [0.1, 0.15) is 5.78 Å². The second-order valence-corrected chi connectivity index (χ2v) is 5.56. The SMILES string of the molecule is C=C.O=C1CCN(C(=O)c2cc3ccccc3s2)CC1. The van der Waals surface area contributed by atoms with E-state index in [1.165, 1.54) is 11.3 Å². The van der Waals surface area contributed by atoms with Gasteiger partial charge in [0.25, 0.3) is 5.91 Å². The zero-order chi connectivity index (χ0) is 14.5. The van der Waals surface area contributed by atoms with Crippen LogP contribution in [0.25, 0.3) is 10.1 Å². The fourth-order valence-electron chi connectivity index (χ4n) is 2.20. The number of amides is 1. The molecule has 1 fully saturated rings. The molecule has 0 saturated carbocycles. The highest BCUT2D eigenvalue weighted by molar-refractivity contribution is 7.20. The molecule has 104 valence electrons. The molecule has 20 heavy (non-hydrogen) atoms. The lowest BCUT2D eigenvalue weighted by molar-refractivity contribution is -0.120. The highest BCUT2D eigenvalue weighted by Gasteiger charge is 2.22. The summed E-state index contributed by atoms with van der Waals surface area (Å²) < 4.78 is 1.13. The summed E-state index contributed by atoms with van der Waals surface area (Å²) in [5.41, 5.74) is 0. The Morgan fingerprint density at radius 1 is 1.15 bits per heavy atom. The number of nitrogens with zero attached hydrogens (tertiary/aromatic N) is 1. The highest BCUT2D eigenvalue weighted by atomic mass is 32.1. The largest absolute Gasteiger partial charge is 0.337 e. The van der Waals surface area contributed by atoms with Crippen molar-refractivity contribution in [1.29, 1.82) is 0 Å². The van der Waals surface area contributed by atoms with Gasteiger partial charge in [0.15, 0.2) is 0 Å². The molecule has 1 aliphatic rings. The van der Waals surface area contributed by atoms with E-state index >= 15 is 0 Å². The molecule has 0 atom stereocenters. The Morgan fingerprint density at radius 2 is 1.80 bits per heavy atom. The second-order valence-electron chi connectivity index (χ2n) is 4.48. The number of fused-ring (bicyclic) bond motifs is 1. The van der Waals surface area contributed by atoms with Crippen molar-refractivity contribution >= 4 is 33.1 Å². The van der Waals surface area contributed by atoms with E-state index in [9.17, 15) is 9.59 Å². The van der Waals surface area contributed by atoms with Crippen molar-refractivity contribution in [1.82, 2.24) is 4.90 Å². The number of likely N-dealkylation sites (tertiary alicyclic amines) is 1. The van der Waals surface area contributed by atoms with Crippen molar-refractivity contribution in [2.45, 2.75) is 12.8 Å². The van der Waals surface area contributed by atoms with Gasteiger partial charge in [-0.2, -0.15) is 0 Å². The Balaban J connectivity index is 0.000000704. The number of rotatable bonds is 1. The molecule has 0 radical (unpaired) electrons. The fraction of sp³-hybridized carbons (Fsp3) is 0.250. The van der Waals surface area contributed by atoms with E-state index in [0.717, 1.165) is 15.0 Å². The summed E-state index contributed by atoms with van der Waals surface area (Å²) in [5, 5.41) is 1.11. The smallest absolute Gasteiger partial charge is 0.263 e. The number of hydrogen-bond donors (Lipinski definition) is 0. The number of thiophene rings is 1. The third kappa shape index (κ3) is 2.96. The number of piperidine rings is 1. The molecule has 0 N–H and O–H groups in total. The average Bonchev–Trinajstić information content (AvgIpc) is 2.93. The van der Waals surface area contributed by atoms with Gasteiger partial charge in [0.05, 0.1) is 4.88 Å². The van der Waals surface area contributed by atoms with E-state index in [1.807, 2.05) is 30.3 Å². The third-order valence-corrected chi connectivity index (χ3v) is 4.35. The maximum Gasteiger partial charge on any atom is 0.263 e. The molecule has 2 aromatic rings. The minimum atomic E-state index is 0.0590. The van der Waals surface area contributed by atoms with Gasteiger partial charge in [0, 0.05) is 30.6 Å². The van der Waals surface area contributed by atoms with Crippen molar-refractivity contribution in [3.8, 4) is 0 Å². The lowest BCUT2D eigenvalue weighted by atomic mass is 10.1. The van der Waals surface area contributed by atoms with Gasteiger partial charge in [-0.15, -0.1) is 24.5 Å². The Labute approximate surface area is 122 Å². The molecule has 2 heterocycles. The first-order valence-corrected chi connectivity index (χ1v) is 7.35. The summed E-state index contributed by atoms with van der Waals surface area (Å²) in [6.07, 6.45) is 0.993. The summed E-state index contributed by atoms with van der Waals surface area (Å²) >= 11 is 1.52. The molecule has 0 spiro atoms. The molecular weight excluding hydrogens is 270 g/mol. The monoisotopic (exact) mass is 287 g/mol. The molecule has 3 rings (SSSR count). The van der Waals surface area contributed by atoms with Crippen LogP contribution in [0.3, 0.4) is 0 Å². The minimum absolute atomic E-state index is 0.0590. The maximum atomic E-state index is 12.3. The Morgan fingerprint density at radius 3 is 2.45 bits per heavy atom. The molecule has 1 saturated heterocycles. The van der Waals surface area contributed by atoms with Crippen LogP contribution in [0.5, 0.6) is 0 Å². The Bertz CT molecular complexity index is 589. The summed E-state index contributed by atoms with van der Waals surface area (Å²) in [6, 6.07) is 9.94. The van der Waals surface area contributed by atoms with Crippen molar-refractivity contribution < 1.29 is 9.59 Å². The lowest BCUT2D eigenvalue weighted by Gasteiger charge is -2.25. The molecular formula is C16H17NO2S. The third-order valence-electron chi connectivity index (χ3n) is 3.24. The van der Waals surface area contributed by atoms with E-state index < -0.39 is 0 Å². The van der Waals surface area contributed by atoms with Crippen LogP contribution in [0.4, 0.5) is 0 Å². The predicted octanol–water partition coefficient (Wildman–Crippen LogP) is 3.51. The summed E-state index contributed by atoms with van der Waals surface area (Å²) in [7, 11) is 0. The summed E-state index contributed by atoms with van der Waals surface area (Å²) in [4.78, 5) is 26.0. The molecule has 0 aliphatic carbocycles. The quantitative estimate of drug-likeness (QED) is 0.753. The Kier molecular flexibility index (Phi) is 4.69. The molecule has 0 bridgehead atoms. The first kappa shape index (κ1) is 14.5. The topological polar surface area (TPSA) is 37.4 Å². The van der Waals surface area contributed by atoms with Gasteiger partial charge in [-0.05, 0) is 17.5 Å². The number of ketones is 1. The second kappa shape index (κ2) is 6.48. The van der Waals surface area contributed by atoms with Crippen molar-refractivity contribution in [3.63, 3.8) is 0 Å². The minimum Gasteiger partial charge on any atom is -0.337 e. The van der Waals surface area contributed by atoms with Crippen molar-refractivity contribution in [3.05, 3.63) is 48.4 Å². The van der Waals surface area contributed by atoms with Crippen LogP contribution < -0.4 is 0 Å². The van der Waals surface area contributed by atoms with E-state index in [4.69, 9.17) is 0 Å². The summed E-state index contributed by atoms with van der Waals surface area (Å²) in [6.45, 7) is 7.12. The van der Waals surface area contributed by atoms with E-state index in [1.54, 1.807) is 4.90 Å². The number of carbonyl (C=O) groups excluding carboxylic acids is 2. The average molecular weight is 287 g/mol. The lowest BCUT2D eigenvalue weighted by Crippen LogP contribution is -2.38. The predicted molar refractivity (Wildman–Crippen MR) is 83.2 cm³/mol. The van der Waals surface area contributed by atoms with Gasteiger partial charge in [0.2, 0.25) is 0 Å². The maximum absolute atomic E-state index is 12.3. The standard InChI is InChI=1S/C14H13NO2S.C2H4/c16-11-5-7-15(8-6-11)14(17)13-9-10-3-1-2-4-12(10)18-13;1-2/h1-4,9H,5-8H2;1-2H2. The number of hydrogen-bond acceptors (Lipinski definition) is 3. The number of benzene rings is 1. The van der Waals surface area contributed by atoms with Crippen LogP contribution in [0.2, 0.25) is 0 Å². The van der Waals surface area contributed by atoms with Crippen LogP contribution >= 0.6 is 11.3 Å². The zero-order valence-electron chi connectivity index (χ0n) is 11.3. The van der Waals surface area contributed by atoms with Crippen molar-refractivity contribution in [2.24, 2.45) is 0 Å². The van der Waals surface area contributed by atoms with Gasteiger partial charge in [-0.1, -0.05) is 18.2 Å². The van der Waals surface area contributed by atoms with E-state index in [0.29, 0.717) is 25.9 Å². The van der Waals surface area contributed by atoms with Crippen LogP contribution in [0.1, 0.15) is 22.5 Å². The molecule has 1 aromatic carbocycles. The van der Waals surface area contributed by atoms with Gasteiger partial charge < -0.3 is 4.90 Å². The molecule has 3 nitrogen and oxygen atoms in total. The summed E-state index contributed by atoms with van der Waals surface area (Å²) in [5.74, 6) is 0.319. The molecule has 4 heteroatoms. The fourth-order valence-corrected chi connectivity index (χ4v) is 3.23. The van der Waals surface area contributed by atoms with E-state index in [2.05, 4.69) is 13.2 Å². The molecule has 1 amide bonds. The van der Waals surface area contributed by atoms with Crippen LogP contribution in [0, 0.1) is 0 Å². The highest BCUT2D eigenvalue weighted by Crippen LogP contribution is 2.26. The normalized spacial score (nSPS) is 14.8. The Hall–Kier alpha value is -1.94. The van der Waals surface area contributed by atoms with Crippen molar-refractivity contribution in [2.75, 3.05) is 13.1 Å². The first-order valence-electron chi connectivity index (χ1n) is 6.53. The van der Waals surface area contributed by atoms with Gasteiger partial charge >= 0.3 is 0 Å². The van der Waals surface area contributed by atoms with Gasteiger partial charge in [-0.25, -0.2) is 0 Å². The van der Waals surface area contributed by atoms with Gasteiger partial charge in [-0.3, -0.25) is 9.59 Å². The number of Topliss-reactive ketones (excluding diaryl/α,β-unsaturated/α-hetero) is 1. The molecule has 0 unspecified atom stereocenters. The zero-order valence-corrected chi connectivity index (χ0v) is 12.1. The first-order chi connectivity index (χ1) is 9.74. The molecule has 1 aromatic heterocycles. The molecule has 1 aliphatic heterocycles. The van der Waals surface area contributed by atoms with Crippen LogP contribution in [-0.2, 0) is 4.79 Å². The van der Waals surface area contributed by atoms with Crippen LogP contribution in [-0.4, -0.2) is 29.7 Å². The van der Waals surface area contributed by atoms with Crippen LogP contribution in [0.15, 0.2) is 43.5 Å².